The third-order valence-electron chi connectivity index (χ3n) is 4.99. The molecule has 0 bridgehead atoms. The minimum Gasteiger partial charge on any atom is -0.381 e. The van der Waals surface area contributed by atoms with Crippen LogP contribution in [0.1, 0.15) is 23.8 Å². The molecule has 1 atom stereocenters. The van der Waals surface area contributed by atoms with Crippen molar-refractivity contribution in [2.24, 2.45) is 13.0 Å². The molecule has 0 saturated carbocycles. The topological polar surface area (TPSA) is 68.6 Å². The van der Waals surface area contributed by atoms with Gasteiger partial charge in [-0.2, -0.15) is 0 Å². The van der Waals surface area contributed by atoms with E-state index < -0.39 is 14.6 Å². The molecule has 0 aliphatic carbocycles. The highest BCUT2D eigenvalue weighted by atomic mass is 32.2. The molecule has 2 fully saturated rings. The Morgan fingerprint density at radius 1 is 1.45 bits per heavy atom. The highest BCUT2D eigenvalue weighted by Gasteiger charge is 2.62. The van der Waals surface area contributed by atoms with E-state index in [1.807, 2.05) is 26.2 Å². The summed E-state index contributed by atoms with van der Waals surface area (Å²) < 4.78 is 31.4. The number of nitrogens with zero attached hydrogens (tertiary/aromatic N) is 2. The number of ether oxygens (including phenoxy) is 1. The Hall–Kier alpha value is -1.34. The van der Waals surface area contributed by atoms with Crippen molar-refractivity contribution in [3.8, 4) is 0 Å². The highest BCUT2D eigenvalue weighted by Crippen LogP contribution is 2.45. The maximum atomic E-state index is 12.5. The van der Waals surface area contributed by atoms with Gasteiger partial charge in [-0.25, -0.2) is 8.42 Å². The number of amides is 1. The van der Waals surface area contributed by atoms with Crippen LogP contribution in [0.4, 0.5) is 0 Å². The van der Waals surface area contributed by atoms with Gasteiger partial charge in [0.05, 0.1) is 12.4 Å². The fourth-order valence-electron chi connectivity index (χ4n) is 3.56. The summed E-state index contributed by atoms with van der Waals surface area (Å²) in [7, 11) is -1.34. The Labute approximate surface area is 131 Å². The fraction of sp³-hybridized carbons (Fsp3) is 0.667. The average molecular weight is 326 g/mol. The molecule has 1 amide bonds. The summed E-state index contributed by atoms with van der Waals surface area (Å²) in [5, 5.41) is 0. The molecule has 3 heterocycles. The van der Waals surface area contributed by atoms with Crippen molar-refractivity contribution in [3.05, 3.63) is 24.0 Å². The number of aromatic nitrogens is 1. The zero-order valence-corrected chi connectivity index (χ0v) is 13.8. The van der Waals surface area contributed by atoms with Crippen LogP contribution in [0.25, 0.3) is 0 Å². The van der Waals surface area contributed by atoms with Crippen molar-refractivity contribution in [3.63, 3.8) is 0 Å². The molecule has 22 heavy (non-hydrogen) atoms. The van der Waals surface area contributed by atoms with Gasteiger partial charge in [-0.15, -0.1) is 0 Å². The van der Waals surface area contributed by atoms with Crippen molar-refractivity contribution in [1.29, 1.82) is 0 Å². The van der Waals surface area contributed by atoms with E-state index in [9.17, 15) is 13.2 Å². The van der Waals surface area contributed by atoms with Crippen LogP contribution in [-0.4, -0.2) is 60.6 Å². The first-order valence-corrected chi connectivity index (χ1v) is 9.27. The van der Waals surface area contributed by atoms with E-state index in [-0.39, 0.29) is 30.7 Å². The van der Waals surface area contributed by atoms with Gasteiger partial charge in [-0.05, 0) is 25.5 Å². The molecule has 0 radical (unpaired) electrons. The number of likely N-dealkylation sites (tertiary alicyclic amines) is 1. The van der Waals surface area contributed by atoms with Crippen molar-refractivity contribution >= 4 is 15.7 Å². The molecular weight excluding hydrogens is 304 g/mol. The lowest BCUT2D eigenvalue weighted by Gasteiger charge is -2.49. The van der Waals surface area contributed by atoms with E-state index in [1.165, 1.54) is 0 Å². The first-order chi connectivity index (χ1) is 10.4. The van der Waals surface area contributed by atoms with Gasteiger partial charge in [-0.3, -0.25) is 4.79 Å². The van der Waals surface area contributed by atoms with Crippen molar-refractivity contribution in [2.45, 2.75) is 18.1 Å². The van der Waals surface area contributed by atoms with Crippen LogP contribution in [0.5, 0.6) is 0 Å². The standard InChI is InChI=1S/C15H22N2O4S/c1-3-21-9-12-6-8-22(19,20)15(12)10-17(11-15)14(18)13-5-4-7-16(13)2/h4-5,7,12H,3,6,8-11H2,1-2H3. The second-order valence-electron chi connectivity index (χ2n) is 6.19. The number of hydrogen-bond acceptors (Lipinski definition) is 4. The summed E-state index contributed by atoms with van der Waals surface area (Å²) in [6, 6.07) is 3.57. The minimum absolute atomic E-state index is 0.00471. The number of carbonyl (C=O) groups excluding carboxylic acids is 1. The summed E-state index contributed by atoms with van der Waals surface area (Å²) in [5.41, 5.74) is 0.589. The summed E-state index contributed by atoms with van der Waals surface area (Å²) in [5.74, 6) is 0.0991. The minimum atomic E-state index is -3.16. The van der Waals surface area contributed by atoms with Crippen LogP contribution < -0.4 is 0 Å². The summed E-state index contributed by atoms with van der Waals surface area (Å²) in [6.45, 7) is 3.52. The summed E-state index contributed by atoms with van der Waals surface area (Å²) in [6.07, 6.45) is 2.45. The molecule has 1 aromatic rings. The summed E-state index contributed by atoms with van der Waals surface area (Å²) >= 11 is 0. The number of rotatable bonds is 4. The van der Waals surface area contributed by atoms with Crippen LogP contribution in [-0.2, 0) is 21.6 Å². The second kappa shape index (κ2) is 5.38. The third kappa shape index (κ3) is 2.18. The molecule has 6 nitrogen and oxygen atoms in total. The number of hydrogen-bond donors (Lipinski definition) is 0. The van der Waals surface area contributed by atoms with Gasteiger partial charge in [0.2, 0.25) is 0 Å². The van der Waals surface area contributed by atoms with E-state index in [4.69, 9.17) is 4.74 Å². The van der Waals surface area contributed by atoms with Gasteiger partial charge in [0.25, 0.3) is 5.91 Å². The molecule has 3 rings (SSSR count). The van der Waals surface area contributed by atoms with Crippen LogP contribution >= 0.6 is 0 Å². The monoisotopic (exact) mass is 326 g/mol. The van der Waals surface area contributed by atoms with Gasteiger partial charge in [0.15, 0.2) is 9.84 Å². The van der Waals surface area contributed by atoms with Gasteiger partial charge in [-0.1, -0.05) is 0 Å². The molecule has 2 saturated heterocycles. The van der Waals surface area contributed by atoms with Gasteiger partial charge in [0.1, 0.15) is 10.4 Å². The van der Waals surface area contributed by atoms with Crippen LogP contribution in [0, 0.1) is 5.92 Å². The maximum absolute atomic E-state index is 12.5. The molecule has 0 N–H and O–H groups in total. The molecule has 2 aliphatic heterocycles. The first-order valence-electron chi connectivity index (χ1n) is 7.62. The largest absolute Gasteiger partial charge is 0.381 e. The van der Waals surface area contributed by atoms with E-state index >= 15 is 0 Å². The van der Waals surface area contributed by atoms with Gasteiger partial charge in [0, 0.05) is 38.9 Å². The molecule has 2 aliphatic rings. The van der Waals surface area contributed by atoms with Crippen LogP contribution in [0.3, 0.4) is 0 Å². The normalized spacial score (nSPS) is 25.4. The lowest BCUT2D eigenvalue weighted by Crippen LogP contribution is -2.68. The van der Waals surface area contributed by atoms with E-state index in [0.717, 1.165) is 0 Å². The maximum Gasteiger partial charge on any atom is 0.270 e. The lowest BCUT2D eigenvalue weighted by molar-refractivity contribution is 0.0264. The molecular formula is C15H22N2O4S. The summed E-state index contributed by atoms with van der Waals surface area (Å²) in [4.78, 5) is 14.1. The molecule has 1 aromatic heterocycles. The smallest absolute Gasteiger partial charge is 0.270 e. The second-order valence-corrected chi connectivity index (χ2v) is 8.65. The zero-order chi connectivity index (χ0) is 16.0. The molecule has 1 unspecified atom stereocenters. The fourth-order valence-corrected chi connectivity index (χ4v) is 5.96. The van der Waals surface area contributed by atoms with Gasteiger partial charge >= 0.3 is 0 Å². The lowest BCUT2D eigenvalue weighted by atomic mass is 9.83. The van der Waals surface area contributed by atoms with Gasteiger partial charge < -0.3 is 14.2 Å². The number of carbonyl (C=O) groups is 1. The van der Waals surface area contributed by atoms with E-state index in [0.29, 0.717) is 25.3 Å². The Bertz CT molecular complexity index is 673. The van der Waals surface area contributed by atoms with Crippen LogP contribution in [0.2, 0.25) is 0 Å². The Balaban J connectivity index is 1.76. The van der Waals surface area contributed by atoms with E-state index in [2.05, 4.69) is 0 Å². The van der Waals surface area contributed by atoms with Crippen LogP contribution in [0.15, 0.2) is 18.3 Å². The first kappa shape index (κ1) is 15.6. The van der Waals surface area contributed by atoms with Crippen molar-refractivity contribution < 1.29 is 17.9 Å². The highest BCUT2D eigenvalue weighted by molar-refractivity contribution is 7.93. The van der Waals surface area contributed by atoms with Crippen molar-refractivity contribution in [1.82, 2.24) is 9.47 Å². The van der Waals surface area contributed by atoms with E-state index in [1.54, 1.807) is 15.5 Å². The SMILES string of the molecule is CCOCC1CCS(=O)(=O)C12CN(C(=O)c1cccn1C)C2. The predicted molar refractivity (Wildman–Crippen MR) is 82.4 cm³/mol. The quantitative estimate of drug-likeness (QED) is 0.816. The molecule has 122 valence electrons. The Kier molecular flexibility index (Phi) is 3.81. The number of aryl methyl sites for hydroxylation is 1. The predicted octanol–water partition coefficient (Wildman–Crippen LogP) is 0.691. The average Bonchev–Trinajstić information content (AvgIpc) is 2.95. The molecule has 1 spiro atoms. The Morgan fingerprint density at radius 3 is 2.77 bits per heavy atom. The molecule has 7 heteroatoms. The molecule has 0 aromatic carbocycles. The Morgan fingerprint density at radius 2 is 2.18 bits per heavy atom. The number of sulfone groups is 1. The zero-order valence-electron chi connectivity index (χ0n) is 13.0. The third-order valence-corrected chi connectivity index (χ3v) is 7.59. The van der Waals surface area contributed by atoms with Crippen molar-refractivity contribution in [2.75, 3.05) is 32.1 Å².